The molecule has 156 valence electrons. The van der Waals surface area contributed by atoms with Crippen LogP contribution in [0.5, 0.6) is 5.75 Å². The average molecular weight is 424 g/mol. The number of hydrogen-bond acceptors (Lipinski definition) is 5. The Morgan fingerprint density at radius 2 is 1.44 bits per heavy atom. The molecule has 32 heavy (non-hydrogen) atoms. The molecule has 0 saturated carbocycles. The number of allylic oxidation sites excluding steroid dienone is 10. The lowest BCUT2D eigenvalue weighted by Gasteiger charge is -2.19. The van der Waals surface area contributed by atoms with E-state index in [1.54, 1.807) is 60.7 Å². The number of carbonyl (C=O) groups excluding carboxylic acids is 3. The molecule has 0 heterocycles. The van der Waals surface area contributed by atoms with Gasteiger partial charge in [0.15, 0.2) is 11.6 Å². The summed E-state index contributed by atoms with van der Waals surface area (Å²) >= 11 is 0. The van der Waals surface area contributed by atoms with Crippen LogP contribution in [0.15, 0.2) is 96.1 Å². The second kappa shape index (κ2) is 8.65. The van der Waals surface area contributed by atoms with E-state index in [4.69, 9.17) is 4.74 Å². The van der Waals surface area contributed by atoms with Crippen molar-refractivity contribution in [3.63, 3.8) is 0 Å². The Kier molecular flexibility index (Phi) is 5.59. The van der Waals surface area contributed by atoms with Gasteiger partial charge in [-0.15, -0.1) is 0 Å². The Hall–Kier alpha value is -4.58. The van der Waals surface area contributed by atoms with Crippen molar-refractivity contribution in [2.45, 2.75) is 0 Å². The molecular weight excluding hydrogens is 408 g/mol. The van der Waals surface area contributed by atoms with Crippen LogP contribution >= 0.6 is 0 Å². The van der Waals surface area contributed by atoms with Crippen molar-refractivity contribution in [2.24, 2.45) is 0 Å². The molecule has 0 amide bonds. The van der Waals surface area contributed by atoms with Gasteiger partial charge < -0.3 is 9.84 Å². The minimum atomic E-state index is -1.10. The van der Waals surface area contributed by atoms with Gasteiger partial charge in [-0.25, -0.2) is 4.79 Å². The maximum Gasteiger partial charge on any atom is 0.335 e. The quantitative estimate of drug-likeness (QED) is 0.730. The van der Waals surface area contributed by atoms with Crippen molar-refractivity contribution in [3.05, 3.63) is 113 Å². The number of aromatic carboxylic acids is 1. The van der Waals surface area contributed by atoms with Gasteiger partial charge >= 0.3 is 5.97 Å². The van der Waals surface area contributed by atoms with E-state index in [2.05, 4.69) is 0 Å². The molecule has 2 aromatic rings. The fraction of sp³-hybridized carbons (Fsp3) is 0. The molecule has 0 fully saturated rings. The molecule has 1 N–H and O–H groups in total. The molecule has 0 bridgehead atoms. The fourth-order valence-electron chi connectivity index (χ4n) is 3.48. The number of carboxylic acid groups (broad SMARTS) is 1. The summed E-state index contributed by atoms with van der Waals surface area (Å²) in [6, 6.07) is 12.7. The number of hydrogen-bond donors (Lipinski definition) is 1. The van der Waals surface area contributed by atoms with Gasteiger partial charge in [0.05, 0.1) is 5.56 Å². The number of carbonyl (C=O) groups is 4. The number of benzene rings is 2. The van der Waals surface area contributed by atoms with Crippen molar-refractivity contribution in [3.8, 4) is 5.75 Å². The monoisotopic (exact) mass is 424 g/mol. The van der Waals surface area contributed by atoms with Crippen LogP contribution in [-0.4, -0.2) is 29.1 Å². The number of ether oxygens (including phenoxy) is 1. The van der Waals surface area contributed by atoms with Gasteiger partial charge in [-0.1, -0.05) is 36.4 Å². The normalized spacial score (nSPS) is 15.4. The average Bonchev–Trinajstić information content (AvgIpc) is 2.80. The SMILES string of the molecule is O=COc1cccc(C2=CC(=C3C=CC(=O)C=C3)C=C(c3cccc(C(=O)O)c3)C2=O)c1. The minimum Gasteiger partial charge on any atom is -0.478 e. The van der Waals surface area contributed by atoms with Crippen molar-refractivity contribution < 1.29 is 29.0 Å². The van der Waals surface area contributed by atoms with Gasteiger partial charge in [-0.05, 0) is 70.8 Å². The van der Waals surface area contributed by atoms with E-state index >= 15 is 0 Å². The first-order valence-electron chi connectivity index (χ1n) is 9.63. The lowest BCUT2D eigenvalue weighted by Crippen LogP contribution is -2.11. The van der Waals surface area contributed by atoms with Crippen molar-refractivity contribution >= 4 is 35.2 Å². The van der Waals surface area contributed by atoms with Gasteiger partial charge in [0.1, 0.15) is 5.75 Å². The number of carboxylic acids is 1. The molecule has 0 aliphatic heterocycles. The molecule has 0 atom stereocenters. The maximum absolute atomic E-state index is 13.5. The zero-order valence-electron chi connectivity index (χ0n) is 16.6. The van der Waals surface area contributed by atoms with E-state index in [9.17, 15) is 24.3 Å². The molecule has 0 unspecified atom stereocenters. The number of Topliss-reactive ketones (excluding diaryl/α,β-unsaturated/α-hetero) is 1. The summed E-state index contributed by atoms with van der Waals surface area (Å²) in [5, 5.41) is 9.35. The molecule has 4 rings (SSSR count). The molecule has 0 radical (unpaired) electrons. The third-order valence-electron chi connectivity index (χ3n) is 5.03. The second-order valence-electron chi connectivity index (χ2n) is 7.05. The molecule has 0 spiro atoms. The Balaban J connectivity index is 1.89. The first-order chi connectivity index (χ1) is 15.5. The van der Waals surface area contributed by atoms with Crippen LogP contribution in [0.3, 0.4) is 0 Å². The molecule has 6 nitrogen and oxygen atoms in total. The van der Waals surface area contributed by atoms with E-state index in [0.29, 0.717) is 34.3 Å². The van der Waals surface area contributed by atoms with Crippen LogP contribution in [0.1, 0.15) is 21.5 Å². The highest BCUT2D eigenvalue weighted by Gasteiger charge is 2.24. The predicted octanol–water partition coefficient (Wildman–Crippen LogP) is 3.96. The van der Waals surface area contributed by atoms with Gasteiger partial charge in [-0.2, -0.15) is 0 Å². The van der Waals surface area contributed by atoms with Crippen LogP contribution in [0.2, 0.25) is 0 Å². The Morgan fingerprint density at radius 1 is 0.812 bits per heavy atom. The van der Waals surface area contributed by atoms with Crippen LogP contribution in [0.4, 0.5) is 0 Å². The first kappa shape index (κ1) is 20.7. The topological polar surface area (TPSA) is 97.7 Å². The van der Waals surface area contributed by atoms with Crippen LogP contribution < -0.4 is 4.74 Å². The third kappa shape index (κ3) is 4.15. The standard InChI is InChI=1S/C26H16O6/c27-15-32-22-6-2-4-18(12-22)24-14-20(16-7-9-21(28)10-8-16)13-23(25(24)29)17-3-1-5-19(11-17)26(30)31/h1-15H,(H,30,31). The highest BCUT2D eigenvalue weighted by Crippen LogP contribution is 2.35. The Labute approximate surface area is 183 Å². The molecule has 2 aliphatic carbocycles. The van der Waals surface area contributed by atoms with Gasteiger partial charge in [0.2, 0.25) is 0 Å². The van der Waals surface area contributed by atoms with Crippen LogP contribution in [0.25, 0.3) is 11.1 Å². The largest absolute Gasteiger partial charge is 0.478 e. The molecule has 6 heteroatoms. The Morgan fingerprint density at radius 3 is 2.06 bits per heavy atom. The highest BCUT2D eigenvalue weighted by atomic mass is 16.5. The summed E-state index contributed by atoms with van der Waals surface area (Å²) < 4.78 is 4.91. The lowest BCUT2D eigenvalue weighted by atomic mass is 9.84. The summed E-state index contributed by atoms with van der Waals surface area (Å²) in [7, 11) is 0. The zero-order chi connectivity index (χ0) is 22.7. The maximum atomic E-state index is 13.5. The second-order valence-corrected chi connectivity index (χ2v) is 7.05. The molecule has 2 aromatic carbocycles. The minimum absolute atomic E-state index is 0.0611. The summed E-state index contributed by atoms with van der Waals surface area (Å²) in [6.07, 6.45) is 9.57. The van der Waals surface area contributed by atoms with Gasteiger partial charge in [-0.3, -0.25) is 14.4 Å². The summed E-state index contributed by atoms with van der Waals surface area (Å²) in [6.45, 7) is 0.306. The van der Waals surface area contributed by atoms with Gasteiger partial charge in [0, 0.05) is 11.1 Å². The molecule has 0 saturated heterocycles. The van der Waals surface area contributed by atoms with Crippen molar-refractivity contribution in [2.75, 3.05) is 0 Å². The molecule has 0 aromatic heterocycles. The van der Waals surface area contributed by atoms with Crippen LogP contribution in [0, 0.1) is 0 Å². The smallest absolute Gasteiger partial charge is 0.335 e. The van der Waals surface area contributed by atoms with E-state index in [0.717, 1.165) is 5.57 Å². The lowest BCUT2D eigenvalue weighted by molar-refractivity contribution is -0.120. The summed E-state index contributed by atoms with van der Waals surface area (Å²) in [5.41, 5.74) is 3.12. The fourth-order valence-corrected chi connectivity index (χ4v) is 3.48. The van der Waals surface area contributed by atoms with E-state index < -0.39 is 5.97 Å². The molecular formula is C26H16O6. The van der Waals surface area contributed by atoms with E-state index in [-0.39, 0.29) is 22.9 Å². The van der Waals surface area contributed by atoms with Crippen molar-refractivity contribution in [1.82, 2.24) is 0 Å². The zero-order valence-corrected chi connectivity index (χ0v) is 16.6. The molecule has 2 aliphatic rings. The number of rotatable bonds is 5. The van der Waals surface area contributed by atoms with Crippen LogP contribution in [-0.2, 0) is 14.4 Å². The summed E-state index contributed by atoms with van der Waals surface area (Å²) in [5.74, 6) is -1.25. The van der Waals surface area contributed by atoms with E-state index in [1.165, 1.54) is 24.3 Å². The summed E-state index contributed by atoms with van der Waals surface area (Å²) in [4.78, 5) is 47.1. The Bertz CT molecular complexity index is 1300. The van der Waals surface area contributed by atoms with Gasteiger partial charge in [0.25, 0.3) is 6.47 Å². The highest BCUT2D eigenvalue weighted by molar-refractivity contribution is 6.44. The first-order valence-corrected chi connectivity index (χ1v) is 9.63. The predicted molar refractivity (Wildman–Crippen MR) is 118 cm³/mol. The van der Waals surface area contributed by atoms with Crippen molar-refractivity contribution in [1.29, 1.82) is 0 Å². The van der Waals surface area contributed by atoms with E-state index in [1.807, 2.05) is 0 Å². The third-order valence-corrected chi connectivity index (χ3v) is 5.03. The number of ketones is 2.